The molecule has 11 nitrogen and oxygen atoms in total. The van der Waals surface area contributed by atoms with Crippen molar-refractivity contribution >= 4 is 39.2 Å². The summed E-state index contributed by atoms with van der Waals surface area (Å²) in [7, 11) is -3.58. The number of piperidine rings is 1. The van der Waals surface area contributed by atoms with Crippen LogP contribution >= 0.6 is 0 Å². The predicted octanol–water partition coefficient (Wildman–Crippen LogP) is 4.86. The first-order valence-electron chi connectivity index (χ1n) is 20.0. The molecule has 296 valence electrons. The van der Waals surface area contributed by atoms with Crippen molar-refractivity contribution in [3.05, 3.63) is 48.0 Å². The van der Waals surface area contributed by atoms with Gasteiger partial charge in [-0.15, -0.1) is 6.58 Å². The Kier molecular flexibility index (Phi) is 11.3. The number of fused-ring (bicyclic) bond motifs is 2. The van der Waals surface area contributed by atoms with E-state index in [9.17, 15) is 32.4 Å². The molecule has 0 radical (unpaired) electrons. The van der Waals surface area contributed by atoms with Gasteiger partial charge in [-0.05, 0) is 99.5 Å². The Bertz CT molecular complexity index is 1750. The van der Waals surface area contributed by atoms with Crippen molar-refractivity contribution in [2.24, 2.45) is 29.1 Å². The van der Waals surface area contributed by atoms with E-state index in [1.54, 1.807) is 31.7 Å². The number of allylic oxidation sites excluding steroid dienone is 1. The van der Waals surface area contributed by atoms with Crippen LogP contribution in [0, 0.1) is 29.1 Å². The van der Waals surface area contributed by atoms with Gasteiger partial charge in [0, 0.05) is 13.0 Å². The number of nitrogens with one attached hydrogen (secondary N) is 3. The van der Waals surface area contributed by atoms with Gasteiger partial charge in [-0.2, -0.15) is 0 Å². The standard InChI is InChI=1S/C42H60N4O7S/c1-7-8-16-32(47)36(48)31(21-26-17-18-26)43-37(49)35-33-30(41(33,5)6)24-46(35)38(50)34(29-22-27-14-10-11-15-28(27)23-29)44-39(51)45-42(19-12-9-13-20-42)25-54(52,53)40(2,3)4/h7,10-11,14-15,26,29-31,33-35H,1,8-9,12-13,16-25H2,2-6H3,(H,43,49)(H2,44,45,51)/t30-,31?,33?,34-,35-/m0/s1. The molecule has 6 rings (SSSR count). The summed E-state index contributed by atoms with van der Waals surface area (Å²) >= 11 is 0. The number of carbonyl (C=O) groups excluding carboxylic acids is 5. The number of amides is 4. The van der Waals surface area contributed by atoms with Crippen LogP contribution in [0.15, 0.2) is 36.9 Å². The molecular weight excluding hydrogens is 705 g/mol. The molecule has 0 spiro atoms. The van der Waals surface area contributed by atoms with Crippen LogP contribution in [-0.2, 0) is 41.9 Å². The normalized spacial score (nSPS) is 25.4. The number of Topliss-reactive ketones (excluding diaryl/α,β-unsaturated/α-hetero) is 2. The molecule has 3 N–H and O–H groups in total. The second-order valence-electron chi connectivity index (χ2n) is 18.5. The monoisotopic (exact) mass is 764 g/mol. The van der Waals surface area contributed by atoms with Crippen LogP contribution in [0.4, 0.5) is 4.79 Å². The number of sulfone groups is 1. The maximum atomic E-state index is 15.0. The Hall–Kier alpha value is -3.54. The van der Waals surface area contributed by atoms with Gasteiger partial charge in [0.15, 0.2) is 9.84 Å². The SMILES string of the molecule is C=CCCC(=O)C(=O)C(CC1CC1)NC(=O)[C@@H]1C2[C@H](CN1C(=O)[C@@H](NC(=O)NC1(CS(=O)(=O)C(C)(C)C)CCCCC1)C1Cc3ccccc3C1)C2(C)C. The van der Waals surface area contributed by atoms with E-state index in [2.05, 4.69) is 36.4 Å². The molecule has 2 unspecified atom stereocenters. The maximum Gasteiger partial charge on any atom is 0.315 e. The van der Waals surface area contributed by atoms with Gasteiger partial charge in [0.25, 0.3) is 0 Å². The number of ketones is 2. The first kappa shape index (κ1) is 40.1. The molecule has 1 aliphatic heterocycles. The summed E-state index contributed by atoms with van der Waals surface area (Å²) in [6.45, 7) is 13.2. The summed E-state index contributed by atoms with van der Waals surface area (Å²) in [5, 5.41) is 9.05. The quantitative estimate of drug-likeness (QED) is 0.170. The van der Waals surface area contributed by atoms with Gasteiger partial charge in [0.05, 0.1) is 22.1 Å². The van der Waals surface area contributed by atoms with E-state index < -0.39 is 61.8 Å². The largest absolute Gasteiger partial charge is 0.344 e. The van der Waals surface area contributed by atoms with Gasteiger partial charge in [-0.25, -0.2) is 13.2 Å². The fraction of sp³-hybridized carbons (Fsp3) is 0.690. The molecule has 5 atom stereocenters. The minimum absolute atomic E-state index is 0.0355. The van der Waals surface area contributed by atoms with Gasteiger partial charge < -0.3 is 20.9 Å². The van der Waals surface area contributed by atoms with Crippen molar-refractivity contribution < 1.29 is 32.4 Å². The molecule has 4 amide bonds. The maximum absolute atomic E-state index is 15.0. The second-order valence-corrected chi connectivity index (χ2v) is 21.2. The summed E-state index contributed by atoms with van der Waals surface area (Å²) < 4.78 is 26.0. The highest BCUT2D eigenvalue weighted by molar-refractivity contribution is 7.92. The van der Waals surface area contributed by atoms with E-state index >= 15 is 0 Å². The van der Waals surface area contributed by atoms with Gasteiger partial charge >= 0.3 is 6.03 Å². The highest BCUT2D eigenvalue weighted by Crippen LogP contribution is 2.65. The molecule has 0 bridgehead atoms. The van der Waals surface area contributed by atoms with Crippen LogP contribution in [0.3, 0.4) is 0 Å². The van der Waals surface area contributed by atoms with E-state index in [0.717, 1.165) is 43.2 Å². The zero-order valence-electron chi connectivity index (χ0n) is 32.7. The first-order valence-corrected chi connectivity index (χ1v) is 21.7. The van der Waals surface area contributed by atoms with Crippen LogP contribution in [0.25, 0.3) is 0 Å². The zero-order chi connectivity index (χ0) is 39.2. The fourth-order valence-electron chi connectivity index (χ4n) is 9.46. The van der Waals surface area contributed by atoms with E-state index in [1.807, 2.05) is 24.3 Å². The molecule has 1 aromatic carbocycles. The highest BCUT2D eigenvalue weighted by atomic mass is 32.2. The van der Waals surface area contributed by atoms with Crippen molar-refractivity contribution in [3.8, 4) is 0 Å². The van der Waals surface area contributed by atoms with Crippen molar-refractivity contribution in [2.45, 2.75) is 140 Å². The molecule has 1 aromatic rings. The van der Waals surface area contributed by atoms with Crippen LogP contribution in [0.1, 0.15) is 110 Å². The van der Waals surface area contributed by atoms with Gasteiger partial charge in [0.2, 0.25) is 23.4 Å². The summed E-state index contributed by atoms with van der Waals surface area (Å²) in [5.74, 6) is -2.24. The molecule has 4 fully saturated rings. The Morgan fingerprint density at radius 3 is 2.19 bits per heavy atom. The minimum atomic E-state index is -3.58. The van der Waals surface area contributed by atoms with E-state index in [4.69, 9.17) is 0 Å². The summed E-state index contributed by atoms with van der Waals surface area (Å²) in [4.78, 5) is 71.2. The molecule has 1 saturated heterocycles. The van der Waals surface area contributed by atoms with E-state index in [0.29, 0.717) is 45.1 Å². The third-order valence-corrected chi connectivity index (χ3v) is 16.0. The lowest BCUT2D eigenvalue weighted by Gasteiger charge is -2.40. The lowest BCUT2D eigenvalue weighted by atomic mass is 9.83. The van der Waals surface area contributed by atoms with Crippen molar-refractivity contribution in [2.75, 3.05) is 12.3 Å². The Morgan fingerprint density at radius 1 is 0.981 bits per heavy atom. The molecule has 12 heteroatoms. The third-order valence-electron chi connectivity index (χ3n) is 13.2. The van der Waals surface area contributed by atoms with Crippen LogP contribution in [0.5, 0.6) is 0 Å². The molecule has 3 saturated carbocycles. The Balaban J connectivity index is 1.26. The third kappa shape index (κ3) is 8.33. The van der Waals surface area contributed by atoms with E-state index in [-0.39, 0.29) is 47.2 Å². The molecular formula is C42H60N4O7S. The van der Waals surface area contributed by atoms with Gasteiger partial charge in [-0.3, -0.25) is 19.2 Å². The smallest absolute Gasteiger partial charge is 0.315 e. The van der Waals surface area contributed by atoms with Gasteiger partial charge in [-0.1, -0.05) is 76.3 Å². The number of benzene rings is 1. The average molecular weight is 765 g/mol. The molecule has 4 aliphatic carbocycles. The summed E-state index contributed by atoms with van der Waals surface area (Å²) in [6.07, 6.45) is 8.95. The van der Waals surface area contributed by atoms with Crippen LogP contribution in [-0.4, -0.2) is 83.4 Å². The van der Waals surface area contributed by atoms with Crippen molar-refractivity contribution in [3.63, 3.8) is 0 Å². The number of likely N-dealkylation sites (tertiary alicyclic amines) is 1. The van der Waals surface area contributed by atoms with Crippen molar-refractivity contribution in [1.82, 2.24) is 20.9 Å². The Morgan fingerprint density at radius 2 is 1.61 bits per heavy atom. The molecule has 1 heterocycles. The Labute approximate surface area is 321 Å². The lowest BCUT2D eigenvalue weighted by molar-refractivity contribution is -0.144. The molecule has 5 aliphatic rings. The first-order chi connectivity index (χ1) is 25.4. The second kappa shape index (κ2) is 15.2. The molecule has 54 heavy (non-hydrogen) atoms. The van der Waals surface area contributed by atoms with Crippen LogP contribution in [0.2, 0.25) is 0 Å². The number of nitrogens with zero attached hydrogens (tertiary/aromatic N) is 1. The summed E-state index contributed by atoms with van der Waals surface area (Å²) in [5.41, 5.74) is 1.04. The van der Waals surface area contributed by atoms with Crippen LogP contribution < -0.4 is 16.0 Å². The zero-order valence-corrected chi connectivity index (χ0v) is 33.6. The van der Waals surface area contributed by atoms with Gasteiger partial charge in [0.1, 0.15) is 12.1 Å². The fourth-order valence-corrected chi connectivity index (χ4v) is 11.0. The lowest BCUT2D eigenvalue weighted by Crippen LogP contribution is -2.63. The predicted molar refractivity (Wildman–Crippen MR) is 207 cm³/mol. The highest BCUT2D eigenvalue weighted by Gasteiger charge is 2.70. The topological polar surface area (TPSA) is 159 Å². The molecule has 0 aromatic heterocycles. The average Bonchev–Trinajstić information content (AvgIpc) is 3.86. The number of urea groups is 1. The number of carbonyl (C=O) groups is 5. The minimum Gasteiger partial charge on any atom is -0.344 e. The summed E-state index contributed by atoms with van der Waals surface area (Å²) in [6, 6.07) is 4.57. The van der Waals surface area contributed by atoms with E-state index in [1.165, 1.54) is 0 Å². The number of rotatable bonds is 15. The number of hydrogen-bond acceptors (Lipinski definition) is 7. The number of hydrogen-bond donors (Lipinski definition) is 3. The van der Waals surface area contributed by atoms with Crippen molar-refractivity contribution in [1.29, 1.82) is 0 Å².